The van der Waals surface area contributed by atoms with Crippen molar-refractivity contribution < 1.29 is 56.6 Å². The van der Waals surface area contributed by atoms with Gasteiger partial charge in [-0.25, -0.2) is 0 Å². The highest BCUT2D eigenvalue weighted by Crippen LogP contribution is 2.38. The van der Waals surface area contributed by atoms with E-state index >= 15 is 0 Å². The maximum absolute atomic E-state index is 13.6. The minimum Gasteiger partial charge on any atom is -0.508 e. The molecule has 0 bridgehead atoms. The molecule has 1 heterocycles. The highest BCUT2D eigenvalue weighted by Gasteiger charge is 2.25. The van der Waals surface area contributed by atoms with Crippen LogP contribution in [-0.2, 0) is 26.1 Å². The topological polar surface area (TPSA) is 300 Å². The highest BCUT2D eigenvalue weighted by molar-refractivity contribution is 7.85. The van der Waals surface area contributed by atoms with Gasteiger partial charge in [0.2, 0.25) is 5.91 Å². The molecule has 9 N–H and O–H groups in total. The Bertz CT molecular complexity index is 2890. The van der Waals surface area contributed by atoms with Crippen LogP contribution in [0.4, 0.5) is 22.7 Å². The second-order valence-corrected chi connectivity index (χ2v) is 15.4. The number of nitrogens with one attached hydrogen (secondary N) is 6. The summed E-state index contributed by atoms with van der Waals surface area (Å²) in [4.78, 5) is 65.7. The summed E-state index contributed by atoms with van der Waals surface area (Å²) in [5.74, 6) is -3.95. The molecule has 1 atom stereocenters. The Morgan fingerprint density at radius 3 is 1.95 bits per heavy atom. The van der Waals surface area contributed by atoms with Crippen LogP contribution in [0.3, 0.4) is 0 Å². The molecule has 0 aliphatic rings. The van der Waals surface area contributed by atoms with Crippen LogP contribution in [-0.4, -0.2) is 88.4 Å². The van der Waals surface area contributed by atoms with E-state index in [-0.39, 0.29) is 63.3 Å². The monoisotopic (exact) mass is 904 g/mol. The van der Waals surface area contributed by atoms with Crippen molar-refractivity contribution in [3.05, 3.63) is 143 Å². The largest absolute Gasteiger partial charge is 0.508 e. The summed E-state index contributed by atoms with van der Waals surface area (Å²) in [5, 5.41) is 44.0. The quantitative estimate of drug-likeness (QED) is 0.0456. The molecule has 21 heteroatoms. The summed E-state index contributed by atoms with van der Waals surface area (Å²) in [5.41, 5.74) is 2.28. The number of nitrogens with zero attached hydrogens (tertiary/aromatic N) is 2. The number of aromatic hydroxyl groups is 2. The number of methoxy groups -OCH3 is 2. The number of aromatic amines is 1. The lowest BCUT2D eigenvalue weighted by molar-refractivity contribution is -0.118. The average Bonchev–Trinajstić information content (AvgIpc) is 3.80. The van der Waals surface area contributed by atoms with Crippen LogP contribution >= 0.6 is 0 Å². The van der Waals surface area contributed by atoms with Crippen molar-refractivity contribution in [3.8, 4) is 23.0 Å². The summed E-state index contributed by atoms with van der Waals surface area (Å²) in [6, 6.07) is 22.8. The number of hydrogen-bond donors (Lipinski definition) is 9. The molecular formula is C44H40N8O12S. The van der Waals surface area contributed by atoms with Gasteiger partial charge in [0.15, 0.2) is 11.5 Å². The van der Waals surface area contributed by atoms with E-state index in [1.807, 2.05) is 0 Å². The van der Waals surface area contributed by atoms with Crippen molar-refractivity contribution in [2.24, 2.45) is 0 Å². The third-order valence-electron chi connectivity index (χ3n) is 9.50. The average molecular weight is 905 g/mol. The van der Waals surface area contributed by atoms with Gasteiger partial charge < -0.3 is 46.3 Å². The van der Waals surface area contributed by atoms with Crippen molar-refractivity contribution in [1.29, 1.82) is 0 Å². The molecule has 6 rings (SSSR count). The molecule has 0 aliphatic heterocycles. The van der Waals surface area contributed by atoms with Gasteiger partial charge >= 0.3 is 0 Å². The Morgan fingerprint density at radius 2 is 1.35 bits per heavy atom. The maximum Gasteiger partial charge on any atom is 0.294 e. The lowest BCUT2D eigenvalue weighted by Gasteiger charge is -2.18. The maximum atomic E-state index is 13.6. The minimum atomic E-state index is -4.55. The molecule has 0 saturated carbocycles. The lowest BCUT2D eigenvalue weighted by Crippen LogP contribution is -2.45. The minimum absolute atomic E-state index is 0.000861. The van der Waals surface area contributed by atoms with Crippen molar-refractivity contribution >= 4 is 68.5 Å². The van der Waals surface area contributed by atoms with E-state index in [0.29, 0.717) is 17.0 Å². The van der Waals surface area contributed by atoms with Crippen LogP contribution in [0.15, 0.2) is 120 Å². The number of benzene rings is 5. The first-order valence-corrected chi connectivity index (χ1v) is 20.6. The Hall–Kier alpha value is -8.56. The molecule has 1 aromatic heterocycles. The zero-order valence-corrected chi connectivity index (χ0v) is 35.4. The number of aromatic nitrogens is 3. The first-order chi connectivity index (χ1) is 31.0. The summed E-state index contributed by atoms with van der Waals surface area (Å²) in [7, 11) is -2.13. The molecule has 0 saturated heterocycles. The molecule has 0 fully saturated rings. The zero-order valence-electron chi connectivity index (χ0n) is 34.6. The van der Waals surface area contributed by atoms with E-state index < -0.39 is 50.4 Å². The Labute approximate surface area is 370 Å². The van der Waals surface area contributed by atoms with E-state index in [4.69, 9.17) is 9.47 Å². The summed E-state index contributed by atoms with van der Waals surface area (Å²) >= 11 is 0. The van der Waals surface area contributed by atoms with E-state index in [1.165, 1.54) is 99.3 Å². The Kier molecular flexibility index (Phi) is 14.2. The van der Waals surface area contributed by atoms with Crippen LogP contribution in [0, 0.1) is 0 Å². The third kappa shape index (κ3) is 11.7. The number of rotatable bonds is 16. The smallest absolute Gasteiger partial charge is 0.294 e. The van der Waals surface area contributed by atoms with E-state index in [1.54, 1.807) is 25.1 Å². The SMILES string of the molecule is COc1cc(S(=O)(=O)O)ccc1NC(=O)c1ccc(NC(=O)c2ccc(NC(=O)C(Cc3cn[nH]n3)NC(=O)c3ccc(NC(=O)/C(C)=C/c4ccc(O)cc4)cc3)cc2)c(OC)c1O. The number of carbonyl (C=O) groups is 5. The van der Waals surface area contributed by atoms with Gasteiger partial charge in [-0.2, -0.15) is 23.8 Å². The van der Waals surface area contributed by atoms with Gasteiger partial charge in [0, 0.05) is 40.6 Å². The van der Waals surface area contributed by atoms with Crippen molar-refractivity contribution in [2.75, 3.05) is 35.5 Å². The van der Waals surface area contributed by atoms with Crippen LogP contribution in [0.5, 0.6) is 23.0 Å². The lowest BCUT2D eigenvalue weighted by atomic mass is 10.1. The molecule has 0 aliphatic carbocycles. The van der Waals surface area contributed by atoms with Crippen molar-refractivity contribution in [1.82, 2.24) is 20.7 Å². The fraction of sp³-hybridized carbons (Fsp3) is 0.114. The predicted molar refractivity (Wildman–Crippen MR) is 237 cm³/mol. The second-order valence-electron chi connectivity index (χ2n) is 14.0. The van der Waals surface area contributed by atoms with Gasteiger partial charge in [0.05, 0.1) is 47.9 Å². The fourth-order valence-electron chi connectivity index (χ4n) is 6.12. The molecule has 0 spiro atoms. The van der Waals surface area contributed by atoms with Gasteiger partial charge in [-0.05, 0) is 103 Å². The van der Waals surface area contributed by atoms with Gasteiger partial charge in [0.25, 0.3) is 33.7 Å². The Morgan fingerprint density at radius 1 is 0.738 bits per heavy atom. The molecule has 334 valence electrons. The van der Waals surface area contributed by atoms with Gasteiger partial charge in [-0.15, -0.1) is 0 Å². The van der Waals surface area contributed by atoms with E-state index in [2.05, 4.69) is 42.0 Å². The fourth-order valence-corrected chi connectivity index (χ4v) is 6.61. The van der Waals surface area contributed by atoms with Gasteiger partial charge in [-0.1, -0.05) is 12.1 Å². The number of phenols is 2. The van der Waals surface area contributed by atoms with Crippen LogP contribution in [0.2, 0.25) is 0 Å². The number of carbonyl (C=O) groups excluding carboxylic acids is 5. The summed E-state index contributed by atoms with van der Waals surface area (Å²) < 4.78 is 42.8. The number of hydrogen-bond acceptors (Lipinski definition) is 13. The highest BCUT2D eigenvalue weighted by atomic mass is 32.2. The van der Waals surface area contributed by atoms with E-state index in [9.17, 15) is 47.2 Å². The first kappa shape index (κ1) is 46.0. The zero-order chi connectivity index (χ0) is 46.8. The van der Waals surface area contributed by atoms with E-state index in [0.717, 1.165) is 17.7 Å². The van der Waals surface area contributed by atoms with Gasteiger partial charge in [-0.3, -0.25) is 28.5 Å². The molecule has 20 nitrogen and oxygen atoms in total. The molecular weight excluding hydrogens is 865 g/mol. The van der Waals surface area contributed by atoms with Gasteiger partial charge in [0.1, 0.15) is 17.5 Å². The number of anilines is 4. The molecule has 5 aromatic carbocycles. The molecule has 1 unspecified atom stereocenters. The second kappa shape index (κ2) is 20.1. The number of phenolic OH excluding ortho intramolecular Hbond substituents is 2. The Balaban J connectivity index is 1.08. The number of H-pyrrole nitrogens is 1. The van der Waals surface area contributed by atoms with Crippen LogP contribution in [0.25, 0.3) is 6.08 Å². The van der Waals surface area contributed by atoms with Crippen LogP contribution < -0.4 is 36.1 Å². The third-order valence-corrected chi connectivity index (χ3v) is 10.4. The standard InChI is InChI=1S/C44H40N8O12S/c1-24(20-25-4-14-31(53)15-5-25)40(55)46-28-10-6-27(7-11-28)42(57)50-36(21-30-23-45-52-51-30)44(59)47-29-12-8-26(9-13-29)41(56)49-35-19-17-33(38(54)39(35)64-3)43(58)48-34-18-16-32(65(60,61)62)22-37(34)63-2/h4-20,22-23,36,53-54H,21H2,1-3H3,(H,46,55)(H,47,59)(H,48,58)(H,49,56)(H,50,57)(H,45,51,52)(H,60,61,62)/b24-20+. The first-order valence-electron chi connectivity index (χ1n) is 19.2. The van der Waals surface area contributed by atoms with Crippen LogP contribution in [0.1, 0.15) is 49.3 Å². The normalized spacial score (nSPS) is 11.7. The predicted octanol–water partition coefficient (Wildman–Crippen LogP) is 5.01. The van der Waals surface area contributed by atoms with Crippen molar-refractivity contribution in [3.63, 3.8) is 0 Å². The molecule has 6 aromatic rings. The summed E-state index contributed by atoms with van der Waals surface area (Å²) in [6.45, 7) is 1.64. The number of amides is 5. The molecule has 65 heavy (non-hydrogen) atoms. The summed E-state index contributed by atoms with van der Waals surface area (Å²) in [6.07, 6.45) is 3.02. The number of ether oxygens (including phenoxy) is 2. The van der Waals surface area contributed by atoms with Crippen molar-refractivity contribution in [2.45, 2.75) is 24.3 Å². The molecule has 0 radical (unpaired) electrons. The molecule has 5 amide bonds.